The Morgan fingerprint density at radius 3 is 2.65 bits per heavy atom. The highest BCUT2D eigenvalue weighted by molar-refractivity contribution is 5.73. The van der Waals surface area contributed by atoms with Crippen molar-refractivity contribution in [2.45, 2.75) is 43.9 Å². The Morgan fingerprint density at radius 1 is 1.16 bits per heavy atom. The van der Waals surface area contributed by atoms with E-state index >= 15 is 0 Å². The molecule has 3 heterocycles. The molecule has 2 aliphatic heterocycles. The molecule has 10 heteroatoms. The summed E-state index contributed by atoms with van der Waals surface area (Å²) in [6.07, 6.45) is -2.53. The van der Waals surface area contributed by atoms with Gasteiger partial charge in [-0.25, -0.2) is 4.79 Å². The monoisotopic (exact) mass is 433 g/mol. The largest absolute Gasteiger partial charge is 0.480 e. The number of nitrogens with one attached hydrogen (secondary N) is 1. The third kappa shape index (κ3) is 5.05. The lowest BCUT2D eigenvalue weighted by Gasteiger charge is -2.48. The van der Waals surface area contributed by atoms with E-state index < -0.39 is 49.5 Å². The molecule has 1 unspecified atom stereocenters. The molecule has 1 aromatic carbocycles. The van der Waals surface area contributed by atoms with Crippen molar-refractivity contribution in [1.82, 2.24) is 5.32 Å². The van der Waals surface area contributed by atoms with Crippen LogP contribution in [0.2, 0.25) is 0 Å². The smallest absolute Gasteiger partial charge is 0.329 e. The van der Waals surface area contributed by atoms with Gasteiger partial charge in [-0.1, -0.05) is 18.2 Å². The lowest BCUT2D eigenvalue weighted by Crippen LogP contribution is -2.68. The first-order chi connectivity index (χ1) is 15.0. The van der Waals surface area contributed by atoms with Gasteiger partial charge in [-0.05, 0) is 24.3 Å². The summed E-state index contributed by atoms with van der Waals surface area (Å²) in [7, 11) is 0. The summed E-state index contributed by atoms with van der Waals surface area (Å²) in [6.45, 7) is 0.887. The highest BCUT2D eigenvalue weighted by Crippen LogP contribution is 2.36. The zero-order valence-corrected chi connectivity index (χ0v) is 16.7. The van der Waals surface area contributed by atoms with E-state index in [9.17, 15) is 9.59 Å². The summed E-state index contributed by atoms with van der Waals surface area (Å²) in [6, 6.07) is 11.5. The first kappa shape index (κ1) is 21.3. The van der Waals surface area contributed by atoms with E-state index in [1.54, 1.807) is 36.4 Å². The Labute approximate surface area is 178 Å². The number of ether oxygens (including phenoxy) is 5. The van der Waals surface area contributed by atoms with E-state index in [0.29, 0.717) is 11.5 Å². The molecule has 2 aliphatic rings. The van der Waals surface area contributed by atoms with Gasteiger partial charge in [0.25, 0.3) is 0 Å². The number of carboxylic acids is 1. The molecule has 2 N–H and O–H groups in total. The van der Waals surface area contributed by atoms with Gasteiger partial charge in [0.15, 0.2) is 5.76 Å². The van der Waals surface area contributed by atoms with Crippen LogP contribution in [0, 0.1) is 0 Å². The van der Waals surface area contributed by atoms with E-state index in [1.165, 1.54) is 13.2 Å². The highest BCUT2D eigenvalue weighted by atomic mass is 16.8. The maximum atomic E-state index is 11.9. The number of fused-ring (bicyclic) bond motifs is 1. The topological polar surface area (TPSA) is 126 Å². The van der Waals surface area contributed by atoms with Crippen LogP contribution >= 0.6 is 0 Å². The molecule has 166 valence electrons. The molecule has 2 saturated heterocycles. The van der Waals surface area contributed by atoms with Crippen LogP contribution in [-0.4, -0.2) is 60.8 Å². The average molecular weight is 433 g/mol. The van der Waals surface area contributed by atoms with Crippen molar-refractivity contribution in [2.24, 2.45) is 0 Å². The Morgan fingerprint density at radius 2 is 1.97 bits per heavy atom. The minimum Gasteiger partial charge on any atom is -0.480 e. The number of furan rings is 1. The van der Waals surface area contributed by atoms with Gasteiger partial charge in [-0.15, -0.1) is 0 Å². The Bertz CT molecular complexity index is 872. The molecular weight excluding hydrogens is 410 g/mol. The fraction of sp³-hybridized carbons (Fsp3) is 0.429. The predicted octanol–water partition coefficient (Wildman–Crippen LogP) is 1.47. The van der Waals surface area contributed by atoms with E-state index in [4.69, 9.17) is 33.2 Å². The number of carbonyl (C=O) groups is 2. The van der Waals surface area contributed by atoms with E-state index in [1.807, 2.05) is 6.07 Å². The fourth-order valence-corrected chi connectivity index (χ4v) is 3.63. The van der Waals surface area contributed by atoms with Crippen LogP contribution in [0.15, 0.2) is 53.1 Å². The maximum Gasteiger partial charge on any atom is 0.329 e. The molecule has 2 fully saturated rings. The standard InChI is InChI=1S/C21H23NO9/c1-12(23)22-17-19(27-11-16(24)25)18-15(10-28-20(31-18)14-8-5-9-26-14)30-21(17)29-13-6-3-2-4-7-13/h2-9,15,17-21H,10-11H2,1H3,(H,22,23)(H,24,25)/t15-,17-,18-,19-,20?,21-/m1/s1. The first-order valence-electron chi connectivity index (χ1n) is 9.79. The molecular formula is C21H23NO9. The van der Waals surface area contributed by atoms with Crippen LogP contribution in [0.3, 0.4) is 0 Å². The van der Waals surface area contributed by atoms with Gasteiger partial charge in [0, 0.05) is 6.92 Å². The second kappa shape index (κ2) is 9.48. The molecule has 0 aliphatic carbocycles. The molecule has 2 aromatic rings. The van der Waals surface area contributed by atoms with Gasteiger partial charge in [0.1, 0.15) is 36.7 Å². The fourth-order valence-electron chi connectivity index (χ4n) is 3.63. The zero-order valence-electron chi connectivity index (χ0n) is 16.7. The number of aliphatic carboxylic acids is 1. The molecule has 0 saturated carbocycles. The number of carboxylic acid groups (broad SMARTS) is 1. The third-order valence-corrected chi connectivity index (χ3v) is 4.88. The van der Waals surface area contributed by atoms with Gasteiger partial charge in [0.2, 0.25) is 18.5 Å². The average Bonchev–Trinajstić information content (AvgIpc) is 3.28. The van der Waals surface area contributed by atoms with Crippen molar-refractivity contribution in [3.63, 3.8) is 0 Å². The second-order valence-electron chi connectivity index (χ2n) is 7.15. The van der Waals surface area contributed by atoms with Crippen molar-refractivity contribution < 1.29 is 42.8 Å². The quantitative estimate of drug-likeness (QED) is 0.668. The summed E-state index contributed by atoms with van der Waals surface area (Å²) >= 11 is 0. The summed E-state index contributed by atoms with van der Waals surface area (Å²) in [5.41, 5.74) is 0. The zero-order chi connectivity index (χ0) is 21.8. The number of hydrogen-bond acceptors (Lipinski definition) is 8. The van der Waals surface area contributed by atoms with E-state index in [0.717, 1.165) is 0 Å². The minimum absolute atomic E-state index is 0.129. The van der Waals surface area contributed by atoms with Crippen LogP contribution < -0.4 is 10.1 Å². The number of hydrogen-bond donors (Lipinski definition) is 2. The van der Waals surface area contributed by atoms with Crippen molar-refractivity contribution in [3.05, 3.63) is 54.5 Å². The molecule has 10 nitrogen and oxygen atoms in total. The van der Waals surface area contributed by atoms with Crippen LogP contribution in [0.4, 0.5) is 0 Å². The lowest BCUT2D eigenvalue weighted by atomic mass is 9.95. The lowest BCUT2D eigenvalue weighted by molar-refractivity contribution is -0.340. The predicted molar refractivity (Wildman–Crippen MR) is 103 cm³/mol. The van der Waals surface area contributed by atoms with Crippen molar-refractivity contribution in [3.8, 4) is 5.75 Å². The van der Waals surface area contributed by atoms with Crippen LogP contribution in [0.1, 0.15) is 19.0 Å². The number of benzene rings is 1. The van der Waals surface area contributed by atoms with Crippen molar-refractivity contribution in [2.75, 3.05) is 13.2 Å². The molecule has 1 amide bonds. The summed E-state index contributed by atoms with van der Waals surface area (Å²) in [5, 5.41) is 11.9. The first-order valence-corrected chi connectivity index (χ1v) is 9.79. The summed E-state index contributed by atoms with van der Waals surface area (Å²) in [4.78, 5) is 23.1. The molecule has 0 radical (unpaired) electrons. The Kier molecular flexibility index (Phi) is 6.52. The second-order valence-corrected chi connectivity index (χ2v) is 7.15. The molecule has 31 heavy (non-hydrogen) atoms. The third-order valence-electron chi connectivity index (χ3n) is 4.88. The van der Waals surface area contributed by atoms with Crippen LogP contribution in [-0.2, 0) is 28.5 Å². The van der Waals surface area contributed by atoms with Gasteiger partial charge in [-0.2, -0.15) is 0 Å². The maximum absolute atomic E-state index is 11.9. The van der Waals surface area contributed by atoms with Crippen molar-refractivity contribution in [1.29, 1.82) is 0 Å². The summed E-state index contributed by atoms with van der Waals surface area (Å²) < 4.78 is 34.8. The molecule has 0 bridgehead atoms. The Hall–Kier alpha value is -2.92. The van der Waals surface area contributed by atoms with Crippen LogP contribution in [0.5, 0.6) is 5.75 Å². The number of rotatable bonds is 7. The van der Waals surface area contributed by atoms with Gasteiger partial charge >= 0.3 is 5.97 Å². The number of para-hydroxylation sites is 1. The van der Waals surface area contributed by atoms with Gasteiger partial charge < -0.3 is 38.5 Å². The summed E-state index contributed by atoms with van der Waals surface area (Å²) in [5.74, 6) is -0.536. The highest BCUT2D eigenvalue weighted by Gasteiger charge is 2.52. The molecule has 1 aromatic heterocycles. The van der Waals surface area contributed by atoms with Crippen LogP contribution in [0.25, 0.3) is 0 Å². The molecule has 0 spiro atoms. The minimum atomic E-state index is -1.15. The van der Waals surface area contributed by atoms with Crippen molar-refractivity contribution >= 4 is 11.9 Å². The SMILES string of the molecule is CC(=O)N[C@H]1[C@H](Oc2ccccc2)O[C@@H]2COC(c3ccco3)O[C@H]2[C@@H]1OCC(=O)O. The van der Waals surface area contributed by atoms with E-state index in [-0.39, 0.29) is 12.5 Å². The number of carbonyl (C=O) groups excluding carboxylic acids is 1. The number of amides is 1. The molecule has 6 atom stereocenters. The Balaban J connectivity index is 1.61. The molecule has 4 rings (SSSR count). The normalized spacial score (nSPS) is 30.2. The van der Waals surface area contributed by atoms with Gasteiger partial charge in [0.05, 0.1) is 12.9 Å². The van der Waals surface area contributed by atoms with Gasteiger partial charge in [-0.3, -0.25) is 4.79 Å². The van der Waals surface area contributed by atoms with E-state index in [2.05, 4.69) is 5.32 Å².